The maximum absolute atomic E-state index is 12.2. The van der Waals surface area contributed by atoms with Gasteiger partial charge in [0.05, 0.1) is 29.3 Å². The lowest BCUT2D eigenvalue weighted by atomic mass is 10.3. The van der Waals surface area contributed by atoms with Crippen molar-refractivity contribution in [3.63, 3.8) is 0 Å². The van der Waals surface area contributed by atoms with Crippen molar-refractivity contribution in [2.24, 2.45) is 0 Å². The number of thioether (sulfide) groups is 1. The number of aromatic nitrogens is 3. The predicted octanol–water partition coefficient (Wildman–Crippen LogP) is 4.16. The van der Waals surface area contributed by atoms with Crippen LogP contribution < -0.4 is 10.1 Å². The zero-order chi connectivity index (χ0) is 17.8. The highest BCUT2D eigenvalue weighted by atomic mass is 79.9. The SMILES string of the molecule is CCOc1ccccc1NC(=O)CSc1nc2nc(C)c(Br)cc2[nH]1. The van der Waals surface area contributed by atoms with E-state index >= 15 is 0 Å². The minimum atomic E-state index is -0.122. The van der Waals surface area contributed by atoms with Crippen LogP contribution in [0.5, 0.6) is 5.75 Å². The summed E-state index contributed by atoms with van der Waals surface area (Å²) < 4.78 is 6.43. The van der Waals surface area contributed by atoms with E-state index < -0.39 is 0 Å². The summed E-state index contributed by atoms with van der Waals surface area (Å²) in [4.78, 5) is 24.2. The first-order chi connectivity index (χ1) is 12.1. The minimum Gasteiger partial charge on any atom is -0.492 e. The van der Waals surface area contributed by atoms with Gasteiger partial charge in [-0.3, -0.25) is 4.79 Å². The summed E-state index contributed by atoms with van der Waals surface area (Å²) in [5, 5.41) is 3.53. The van der Waals surface area contributed by atoms with Crippen LogP contribution in [-0.2, 0) is 4.79 Å². The Hall–Kier alpha value is -2.06. The number of carbonyl (C=O) groups is 1. The molecule has 2 heterocycles. The molecule has 0 aliphatic carbocycles. The van der Waals surface area contributed by atoms with Gasteiger partial charge in [0.2, 0.25) is 5.91 Å². The number of hydrogen-bond donors (Lipinski definition) is 2. The Bertz CT molecular complexity index is 874. The standard InChI is InChI=1S/C17H17BrN4O2S/c1-3-24-14-7-5-4-6-12(14)20-15(23)9-25-17-21-13-8-11(18)10(2)19-16(13)22-17/h4-8H,3,9H2,1-2H3,(H,20,23)(H,19,21,22). The van der Waals surface area contributed by atoms with Gasteiger partial charge < -0.3 is 15.0 Å². The molecule has 0 fully saturated rings. The van der Waals surface area contributed by atoms with E-state index in [0.717, 1.165) is 15.7 Å². The summed E-state index contributed by atoms with van der Waals surface area (Å²) in [6.07, 6.45) is 0. The van der Waals surface area contributed by atoms with E-state index in [1.54, 1.807) is 0 Å². The number of carbonyl (C=O) groups excluding carboxylic acids is 1. The lowest BCUT2D eigenvalue weighted by Gasteiger charge is -2.10. The number of benzene rings is 1. The van der Waals surface area contributed by atoms with Gasteiger partial charge in [0.1, 0.15) is 5.75 Å². The zero-order valence-electron chi connectivity index (χ0n) is 13.8. The number of para-hydroxylation sites is 2. The second-order valence-electron chi connectivity index (χ2n) is 5.23. The number of nitrogens with zero attached hydrogens (tertiary/aromatic N) is 2. The van der Waals surface area contributed by atoms with Crippen LogP contribution in [0.3, 0.4) is 0 Å². The van der Waals surface area contributed by atoms with E-state index in [1.165, 1.54) is 11.8 Å². The molecule has 0 radical (unpaired) electrons. The van der Waals surface area contributed by atoms with Gasteiger partial charge in [0.25, 0.3) is 0 Å². The highest BCUT2D eigenvalue weighted by molar-refractivity contribution is 9.10. The molecule has 0 atom stereocenters. The summed E-state index contributed by atoms with van der Waals surface area (Å²) in [5.74, 6) is 0.778. The zero-order valence-corrected chi connectivity index (χ0v) is 16.2. The minimum absolute atomic E-state index is 0.122. The van der Waals surface area contributed by atoms with E-state index in [2.05, 4.69) is 36.2 Å². The highest BCUT2D eigenvalue weighted by Crippen LogP contribution is 2.25. The lowest BCUT2D eigenvalue weighted by Crippen LogP contribution is -2.15. The molecule has 0 saturated heterocycles. The summed E-state index contributed by atoms with van der Waals surface area (Å²) in [5.41, 5.74) is 3.02. The molecule has 130 valence electrons. The van der Waals surface area contributed by atoms with Crippen molar-refractivity contribution in [2.75, 3.05) is 17.7 Å². The molecule has 1 amide bonds. The van der Waals surface area contributed by atoms with E-state index in [1.807, 2.05) is 44.2 Å². The number of aryl methyl sites for hydroxylation is 1. The molecule has 1 aromatic carbocycles. The Morgan fingerprint density at radius 1 is 1.36 bits per heavy atom. The Morgan fingerprint density at radius 3 is 2.96 bits per heavy atom. The summed E-state index contributed by atoms with van der Waals surface area (Å²) >= 11 is 4.78. The number of amides is 1. The number of H-pyrrole nitrogens is 1. The van der Waals surface area contributed by atoms with Gasteiger partial charge >= 0.3 is 0 Å². The Morgan fingerprint density at radius 2 is 2.16 bits per heavy atom. The van der Waals surface area contributed by atoms with Crippen molar-refractivity contribution in [2.45, 2.75) is 19.0 Å². The van der Waals surface area contributed by atoms with Gasteiger partial charge in [-0.15, -0.1) is 0 Å². The molecule has 0 unspecified atom stereocenters. The normalized spacial score (nSPS) is 10.8. The fourth-order valence-electron chi connectivity index (χ4n) is 2.22. The summed E-state index contributed by atoms with van der Waals surface area (Å²) in [6.45, 7) is 4.36. The van der Waals surface area contributed by atoms with Crippen molar-refractivity contribution >= 4 is 50.5 Å². The second-order valence-corrected chi connectivity index (χ2v) is 7.05. The number of ether oxygens (including phenoxy) is 1. The molecule has 0 aliphatic heterocycles. The second kappa shape index (κ2) is 7.88. The van der Waals surface area contributed by atoms with Crippen LogP contribution >= 0.6 is 27.7 Å². The number of halogens is 1. The molecule has 3 rings (SSSR count). The van der Waals surface area contributed by atoms with Crippen molar-refractivity contribution in [3.8, 4) is 5.75 Å². The van der Waals surface area contributed by atoms with Gasteiger partial charge in [0.15, 0.2) is 10.8 Å². The Labute approximate surface area is 157 Å². The Balaban J connectivity index is 1.64. The maximum Gasteiger partial charge on any atom is 0.234 e. The maximum atomic E-state index is 12.2. The fraction of sp³-hybridized carbons (Fsp3) is 0.235. The molecule has 0 spiro atoms. The summed E-state index contributed by atoms with van der Waals surface area (Å²) in [7, 11) is 0. The smallest absolute Gasteiger partial charge is 0.234 e. The van der Waals surface area contributed by atoms with E-state index in [4.69, 9.17) is 4.74 Å². The van der Waals surface area contributed by atoms with Crippen LogP contribution in [0.4, 0.5) is 5.69 Å². The number of imidazole rings is 1. The average Bonchev–Trinajstić information content (AvgIpc) is 2.97. The first-order valence-electron chi connectivity index (χ1n) is 7.74. The number of nitrogens with one attached hydrogen (secondary N) is 2. The number of pyridine rings is 1. The molecule has 2 N–H and O–H groups in total. The molecular weight excluding hydrogens is 404 g/mol. The molecular formula is C17H17BrN4O2S. The molecule has 0 aliphatic rings. The van der Waals surface area contributed by atoms with Crippen LogP contribution in [0.25, 0.3) is 11.2 Å². The predicted molar refractivity (Wildman–Crippen MR) is 103 cm³/mol. The van der Waals surface area contributed by atoms with Crippen LogP contribution in [0, 0.1) is 6.92 Å². The Kier molecular flexibility index (Phi) is 5.60. The molecule has 6 nitrogen and oxygen atoms in total. The van der Waals surface area contributed by atoms with Gasteiger partial charge in [-0.25, -0.2) is 9.97 Å². The lowest BCUT2D eigenvalue weighted by molar-refractivity contribution is -0.113. The number of rotatable bonds is 6. The van der Waals surface area contributed by atoms with Crippen molar-refractivity contribution in [1.82, 2.24) is 15.0 Å². The quantitative estimate of drug-likeness (QED) is 0.585. The molecule has 8 heteroatoms. The molecule has 0 bridgehead atoms. The van der Waals surface area contributed by atoms with Crippen LogP contribution in [0.1, 0.15) is 12.6 Å². The topological polar surface area (TPSA) is 79.9 Å². The average molecular weight is 421 g/mol. The van der Waals surface area contributed by atoms with Crippen molar-refractivity contribution < 1.29 is 9.53 Å². The molecule has 3 aromatic rings. The molecule has 25 heavy (non-hydrogen) atoms. The summed E-state index contributed by atoms with van der Waals surface area (Å²) in [6, 6.07) is 9.32. The van der Waals surface area contributed by atoms with Crippen LogP contribution in [0.15, 0.2) is 40.0 Å². The van der Waals surface area contributed by atoms with Crippen LogP contribution in [0.2, 0.25) is 0 Å². The van der Waals surface area contributed by atoms with Gasteiger partial charge in [-0.1, -0.05) is 23.9 Å². The van der Waals surface area contributed by atoms with Gasteiger partial charge in [0, 0.05) is 4.47 Å². The third-order valence-electron chi connectivity index (χ3n) is 3.38. The number of fused-ring (bicyclic) bond motifs is 1. The van der Waals surface area contributed by atoms with Crippen molar-refractivity contribution in [3.05, 3.63) is 40.5 Å². The largest absolute Gasteiger partial charge is 0.492 e. The third-order valence-corrected chi connectivity index (χ3v) is 5.06. The van der Waals surface area contributed by atoms with Crippen molar-refractivity contribution in [1.29, 1.82) is 0 Å². The monoisotopic (exact) mass is 420 g/mol. The third kappa shape index (κ3) is 4.32. The van der Waals surface area contributed by atoms with Gasteiger partial charge in [-0.05, 0) is 48.0 Å². The van der Waals surface area contributed by atoms with Crippen LogP contribution in [-0.4, -0.2) is 33.2 Å². The highest BCUT2D eigenvalue weighted by Gasteiger charge is 2.11. The van der Waals surface area contributed by atoms with Gasteiger partial charge in [-0.2, -0.15) is 0 Å². The fourth-order valence-corrected chi connectivity index (χ4v) is 3.22. The molecule has 2 aromatic heterocycles. The van der Waals surface area contributed by atoms with E-state index in [-0.39, 0.29) is 11.7 Å². The first-order valence-corrected chi connectivity index (χ1v) is 9.52. The molecule has 0 saturated carbocycles. The van der Waals surface area contributed by atoms with E-state index in [0.29, 0.717) is 28.8 Å². The number of aromatic amines is 1. The van der Waals surface area contributed by atoms with E-state index in [9.17, 15) is 4.79 Å². The number of hydrogen-bond acceptors (Lipinski definition) is 5. The number of anilines is 1. The first kappa shape index (κ1) is 17.8.